The van der Waals surface area contributed by atoms with Gasteiger partial charge < -0.3 is 4.90 Å². The molecule has 142 valence electrons. The number of hydrogen-bond donors (Lipinski definition) is 0. The van der Waals surface area contributed by atoms with Crippen molar-refractivity contribution < 1.29 is 0 Å². The van der Waals surface area contributed by atoms with Crippen molar-refractivity contribution in [3.63, 3.8) is 0 Å². The highest BCUT2D eigenvalue weighted by Gasteiger charge is 2.18. The summed E-state index contributed by atoms with van der Waals surface area (Å²) in [6, 6.07) is 30.8. The first kappa shape index (κ1) is 17.8. The summed E-state index contributed by atoms with van der Waals surface area (Å²) < 4.78 is 0. The molecule has 0 aromatic heterocycles. The van der Waals surface area contributed by atoms with Crippen LogP contribution in [0.15, 0.2) is 91.0 Å². The van der Waals surface area contributed by atoms with Gasteiger partial charge in [-0.15, -0.1) is 0 Å². The van der Waals surface area contributed by atoms with Gasteiger partial charge in [0.2, 0.25) is 0 Å². The van der Waals surface area contributed by atoms with Crippen molar-refractivity contribution in [2.24, 2.45) is 0 Å². The van der Waals surface area contributed by atoms with Crippen molar-refractivity contribution in [3.8, 4) is 0 Å². The van der Waals surface area contributed by atoms with E-state index in [-0.39, 0.29) is 0 Å². The van der Waals surface area contributed by atoms with Gasteiger partial charge in [-0.1, -0.05) is 73.7 Å². The Bertz CT molecular complexity index is 1220. The van der Waals surface area contributed by atoms with Crippen molar-refractivity contribution in [3.05, 3.63) is 108 Å². The summed E-state index contributed by atoms with van der Waals surface area (Å²) in [5.41, 5.74) is 7.65. The zero-order chi connectivity index (χ0) is 19.8. The Hall–Kier alpha value is -3.32. The number of fused-ring (bicyclic) bond motifs is 2. The summed E-state index contributed by atoms with van der Waals surface area (Å²) in [6.45, 7) is 4.49. The molecule has 4 aromatic rings. The summed E-state index contributed by atoms with van der Waals surface area (Å²) in [6.07, 6.45) is 5.69. The highest BCUT2D eigenvalue weighted by atomic mass is 15.1. The van der Waals surface area contributed by atoms with Crippen molar-refractivity contribution in [1.82, 2.24) is 0 Å². The number of nitrogens with zero attached hydrogens (tertiary/aromatic N) is 1. The predicted molar refractivity (Wildman–Crippen MR) is 125 cm³/mol. The number of rotatable bonds is 3. The Balaban J connectivity index is 1.71. The van der Waals surface area contributed by atoms with E-state index in [1.165, 1.54) is 44.5 Å². The third kappa shape index (κ3) is 3.23. The number of para-hydroxylation sites is 1. The Morgan fingerprint density at radius 2 is 1.48 bits per heavy atom. The molecule has 0 radical (unpaired) electrons. The standard InChI is InChI=1S/C28H25N/c1-20-9-7-12-24-19-26(16-17-27(20)24)29(28-13-6-3-8-21(28)2)25-15-14-22-10-4-5-11-23(22)18-25/h3-8,10-20H,9H2,1-2H3. The predicted octanol–water partition coefficient (Wildman–Crippen LogP) is 8.14. The molecule has 5 rings (SSSR count). The van der Waals surface area contributed by atoms with Crippen LogP contribution in [-0.2, 0) is 0 Å². The Morgan fingerprint density at radius 3 is 2.34 bits per heavy atom. The molecule has 0 aliphatic heterocycles. The average Bonchev–Trinajstić information content (AvgIpc) is 2.75. The summed E-state index contributed by atoms with van der Waals surface area (Å²) in [7, 11) is 0. The molecular weight excluding hydrogens is 350 g/mol. The fourth-order valence-corrected chi connectivity index (χ4v) is 4.38. The molecule has 0 spiro atoms. The van der Waals surface area contributed by atoms with Gasteiger partial charge in [0.05, 0.1) is 0 Å². The Kier molecular flexibility index (Phi) is 4.44. The minimum Gasteiger partial charge on any atom is -0.310 e. The van der Waals surface area contributed by atoms with Crippen molar-refractivity contribution in [1.29, 1.82) is 0 Å². The molecule has 0 heterocycles. The number of anilines is 3. The van der Waals surface area contributed by atoms with Crippen LogP contribution < -0.4 is 4.90 Å². The molecular formula is C28H25N. The summed E-state index contributed by atoms with van der Waals surface area (Å²) in [5.74, 6) is 0.580. The molecule has 1 unspecified atom stereocenters. The molecule has 4 aromatic carbocycles. The van der Waals surface area contributed by atoms with E-state index < -0.39 is 0 Å². The van der Waals surface area contributed by atoms with Gasteiger partial charge >= 0.3 is 0 Å². The van der Waals surface area contributed by atoms with Gasteiger partial charge in [0.15, 0.2) is 0 Å². The zero-order valence-corrected chi connectivity index (χ0v) is 17.0. The van der Waals surface area contributed by atoms with E-state index in [9.17, 15) is 0 Å². The van der Waals surface area contributed by atoms with E-state index in [4.69, 9.17) is 0 Å². The van der Waals surface area contributed by atoms with E-state index in [1.54, 1.807) is 0 Å². The molecule has 0 saturated heterocycles. The molecule has 1 nitrogen and oxygen atoms in total. The molecule has 0 fully saturated rings. The number of hydrogen-bond acceptors (Lipinski definition) is 1. The van der Waals surface area contributed by atoms with Crippen LogP contribution in [0.25, 0.3) is 16.8 Å². The smallest absolute Gasteiger partial charge is 0.0490 e. The van der Waals surface area contributed by atoms with E-state index in [2.05, 4.69) is 116 Å². The molecule has 0 saturated carbocycles. The van der Waals surface area contributed by atoms with Crippen LogP contribution in [0.1, 0.15) is 36.0 Å². The molecule has 0 amide bonds. The largest absolute Gasteiger partial charge is 0.310 e. The van der Waals surface area contributed by atoms with Crippen LogP contribution in [0.2, 0.25) is 0 Å². The quantitative estimate of drug-likeness (QED) is 0.349. The van der Waals surface area contributed by atoms with Crippen LogP contribution in [0.5, 0.6) is 0 Å². The van der Waals surface area contributed by atoms with Crippen LogP contribution in [0, 0.1) is 6.92 Å². The van der Waals surface area contributed by atoms with Crippen LogP contribution >= 0.6 is 0 Å². The fourth-order valence-electron chi connectivity index (χ4n) is 4.38. The molecule has 1 aliphatic rings. The lowest BCUT2D eigenvalue weighted by Crippen LogP contribution is -2.12. The van der Waals surface area contributed by atoms with E-state index >= 15 is 0 Å². The lowest BCUT2D eigenvalue weighted by Gasteiger charge is -2.29. The monoisotopic (exact) mass is 375 g/mol. The van der Waals surface area contributed by atoms with Gasteiger partial charge in [0, 0.05) is 17.1 Å². The number of benzene rings is 4. The summed E-state index contributed by atoms with van der Waals surface area (Å²) in [4.78, 5) is 2.38. The first-order valence-corrected chi connectivity index (χ1v) is 10.4. The van der Waals surface area contributed by atoms with Crippen molar-refractivity contribution >= 4 is 33.9 Å². The minimum atomic E-state index is 0.580. The fraction of sp³-hybridized carbons (Fsp3) is 0.143. The van der Waals surface area contributed by atoms with Crippen molar-refractivity contribution in [2.45, 2.75) is 26.2 Å². The van der Waals surface area contributed by atoms with E-state index in [0.29, 0.717) is 5.92 Å². The van der Waals surface area contributed by atoms with Crippen LogP contribution in [-0.4, -0.2) is 0 Å². The van der Waals surface area contributed by atoms with Gasteiger partial charge in [-0.3, -0.25) is 0 Å². The first-order chi connectivity index (χ1) is 14.2. The Labute approximate surface area is 172 Å². The first-order valence-electron chi connectivity index (χ1n) is 10.4. The van der Waals surface area contributed by atoms with E-state index in [0.717, 1.165) is 6.42 Å². The maximum absolute atomic E-state index is 2.38. The third-order valence-corrected chi connectivity index (χ3v) is 5.99. The second-order valence-corrected chi connectivity index (χ2v) is 8.01. The topological polar surface area (TPSA) is 3.24 Å². The maximum Gasteiger partial charge on any atom is 0.0490 e. The van der Waals surface area contributed by atoms with Gasteiger partial charge in [-0.2, -0.15) is 0 Å². The summed E-state index contributed by atoms with van der Waals surface area (Å²) in [5, 5.41) is 2.53. The molecule has 1 atom stereocenters. The molecule has 1 heteroatoms. The normalized spacial score (nSPS) is 15.3. The van der Waals surface area contributed by atoms with Gasteiger partial charge in [0.1, 0.15) is 0 Å². The average molecular weight is 376 g/mol. The molecule has 0 bridgehead atoms. The van der Waals surface area contributed by atoms with Gasteiger partial charge in [0.25, 0.3) is 0 Å². The molecule has 1 aliphatic carbocycles. The van der Waals surface area contributed by atoms with E-state index in [1.807, 2.05) is 0 Å². The zero-order valence-electron chi connectivity index (χ0n) is 17.0. The maximum atomic E-state index is 2.38. The second kappa shape index (κ2) is 7.25. The van der Waals surface area contributed by atoms with Gasteiger partial charge in [-0.05, 0) is 77.1 Å². The highest BCUT2D eigenvalue weighted by molar-refractivity contribution is 5.90. The summed E-state index contributed by atoms with van der Waals surface area (Å²) >= 11 is 0. The van der Waals surface area contributed by atoms with Crippen molar-refractivity contribution in [2.75, 3.05) is 4.90 Å². The lowest BCUT2D eigenvalue weighted by atomic mass is 9.88. The number of aryl methyl sites for hydroxylation is 1. The molecule has 29 heavy (non-hydrogen) atoms. The van der Waals surface area contributed by atoms with Crippen LogP contribution in [0.3, 0.4) is 0 Å². The second-order valence-electron chi connectivity index (χ2n) is 8.01. The SMILES string of the molecule is Cc1ccccc1N(c1ccc2c(c1)C=CCC2C)c1ccc2ccccc2c1. The number of allylic oxidation sites excluding steroid dienone is 1. The van der Waals surface area contributed by atoms with Crippen LogP contribution in [0.4, 0.5) is 17.1 Å². The highest BCUT2D eigenvalue weighted by Crippen LogP contribution is 2.40. The Morgan fingerprint density at radius 1 is 0.759 bits per heavy atom. The minimum absolute atomic E-state index is 0.580. The third-order valence-electron chi connectivity index (χ3n) is 5.99. The lowest BCUT2D eigenvalue weighted by molar-refractivity contribution is 0.771. The molecule has 0 N–H and O–H groups in total. The van der Waals surface area contributed by atoms with Gasteiger partial charge in [-0.25, -0.2) is 0 Å².